The Morgan fingerprint density at radius 3 is 2.29 bits per heavy atom. The van der Waals surface area contributed by atoms with Gasteiger partial charge in [-0.05, 0) is 70.3 Å². The molecule has 5 nitrogen and oxygen atoms in total. The van der Waals surface area contributed by atoms with Gasteiger partial charge in [-0.3, -0.25) is 9.69 Å². The lowest BCUT2D eigenvalue weighted by Crippen LogP contribution is -2.44. The fourth-order valence-electron chi connectivity index (χ4n) is 4.69. The fourth-order valence-corrected chi connectivity index (χ4v) is 4.69. The number of rotatable bonds is 7. The van der Waals surface area contributed by atoms with Gasteiger partial charge in [0.2, 0.25) is 5.91 Å². The van der Waals surface area contributed by atoms with Gasteiger partial charge in [-0.1, -0.05) is 30.3 Å². The Bertz CT molecular complexity index is 591. The molecule has 156 valence electrons. The van der Waals surface area contributed by atoms with E-state index in [1.165, 1.54) is 5.56 Å². The van der Waals surface area contributed by atoms with Crippen molar-refractivity contribution in [3.63, 3.8) is 0 Å². The highest BCUT2D eigenvalue weighted by molar-refractivity contribution is 5.78. The van der Waals surface area contributed by atoms with Gasteiger partial charge in [-0.15, -0.1) is 0 Å². The molecule has 0 saturated carbocycles. The summed E-state index contributed by atoms with van der Waals surface area (Å²) in [5.74, 6) is 1.12. The third-order valence-electron chi connectivity index (χ3n) is 6.32. The standard InChI is InChI=1S/C23H37N3O2/c1-19(27)16-25-12-8-21(9-13-25)17-24(2)23(28)22-10-14-26(15-11-22)18-20-6-4-3-5-7-20/h3-7,19,21-22,27H,8-18H2,1-2H3. The zero-order valence-corrected chi connectivity index (χ0v) is 17.6. The van der Waals surface area contributed by atoms with Gasteiger partial charge in [0.1, 0.15) is 0 Å². The Morgan fingerprint density at radius 2 is 1.68 bits per heavy atom. The first-order valence-electron chi connectivity index (χ1n) is 10.9. The number of aliphatic hydroxyl groups excluding tert-OH is 1. The van der Waals surface area contributed by atoms with Gasteiger partial charge in [0, 0.05) is 32.6 Å². The molecule has 3 rings (SSSR count). The molecule has 2 aliphatic rings. The van der Waals surface area contributed by atoms with Crippen molar-refractivity contribution < 1.29 is 9.90 Å². The first-order valence-corrected chi connectivity index (χ1v) is 10.9. The molecule has 1 unspecified atom stereocenters. The van der Waals surface area contributed by atoms with E-state index in [0.29, 0.717) is 11.8 Å². The second-order valence-corrected chi connectivity index (χ2v) is 8.85. The van der Waals surface area contributed by atoms with Crippen LogP contribution < -0.4 is 0 Å². The van der Waals surface area contributed by atoms with Crippen LogP contribution in [0.4, 0.5) is 0 Å². The normalized spacial score (nSPS) is 21.5. The quantitative estimate of drug-likeness (QED) is 0.781. The highest BCUT2D eigenvalue weighted by Gasteiger charge is 2.29. The van der Waals surface area contributed by atoms with E-state index in [1.54, 1.807) is 0 Å². The van der Waals surface area contributed by atoms with Gasteiger partial charge in [0.25, 0.3) is 0 Å². The number of hydrogen-bond donors (Lipinski definition) is 1. The molecule has 2 fully saturated rings. The molecule has 0 spiro atoms. The van der Waals surface area contributed by atoms with Gasteiger partial charge >= 0.3 is 0 Å². The zero-order chi connectivity index (χ0) is 19.9. The summed E-state index contributed by atoms with van der Waals surface area (Å²) < 4.78 is 0. The molecule has 0 radical (unpaired) electrons. The first kappa shape index (κ1) is 21.3. The van der Waals surface area contributed by atoms with Crippen LogP contribution in [0.3, 0.4) is 0 Å². The monoisotopic (exact) mass is 387 g/mol. The predicted molar refractivity (Wildman–Crippen MR) is 113 cm³/mol. The van der Waals surface area contributed by atoms with Crippen molar-refractivity contribution in [1.29, 1.82) is 0 Å². The van der Waals surface area contributed by atoms with Crippen molar-refractivity contribution in [1.82, 2.24) is 14.7 Å². The number of piperidine rings is 2. The topological polar surface area (TPSA) is 47.0 Å². The van der Waals surface area contributed by atoms with Gasteiger partial charge in [0.05, 0.1) is 6.10 Å². The van der Waals surface area contributed by atoms with E-state index in [-0.39, 0.29) is 12.0 Å². The van der Waals surface area contributed by atoms with E-state index >= 15 is 0 Å². The predicted octanol–water partition coefficient (Wildman–Crippen LogP) is 2.45. The molecule has 2 saturated heterocycles. The molecule has 5 heteroatoms. The summed E-state index contributed by atoms with van der Waals surface area (Å²) in [7, 11) is 1.99. The smallest absolute Gasteiger partial charge is 0.225 e. The van der Waals surface area contributed by atoms with Gasteiger partial charge in [-0.25, -0.2) is 0 Å². The molecule has 2 aliphatic heterocycles. The molecule has 0 bridgehead atoms. The van der Waals surface area contributed by atoms with E-state index in [0.717, 1.165) is 71.5 Å². The van der Waals surface area contributed by atoms with E-state index < -0.39 is 0 Å². The summed E-state index contributed by atoms with van der Waals surface area (Å²) in [6.45, 7) is 8.58. The Hall–Kier alpha value is -1.43. The average Bonchev–Trinajstić information content (AvgIpc) is 2.70. The summed E-state index contributed by atoms with van der Waals surface area (Å²) >= 11 is 0. The SMILES string of the molecule is CC(O)CN1CCC(CN(C)C(=O)C2CCN(Cc3ccccc3)CC2)CC1. The number of benzene rings is 1. The van der Waals surface area contributed by atoms with Gasteiger partial charge < -0.3 is 14.9 Å². The third-order valence-corrected chi connectivity index (χ3v) is 6.32. The van der Waals surface area contributed by atoms with Crippen molar-refractivity contribution in [3.05, 3.63) is 35.9 Å². The molecule has 1 aromatic carbocycles. The maximum atomic E-state index is 12.9. The van der Waals surface area contributed by atoms with Crippen molar-refractivity contribution in [3.8, 4) is 0 Å². The molecular weight excluding hydrogens is 350 g/mol. The van der Waals surface area contributed by atoms with Crippen LogP contribution in [-0.4, -0.2) is 78.1 Å². The minimum absolute atomic E-state index is 0.187. The molecule has 0 aromatic heterocycles. The Morgan fingerprint density at radius 1 is 1.07 bits per heavy atom. The molecule has 1 N–H and O–H groups in total. The highest BCUT2D eigenvalue weighted by atomic mass is 16.3. The number of nitrogens with zero attached hydrogens (tertiary/aromatic N) is 3. The number of amides is 1. The minimum atomic E-state index is -0.256. The summed E-state index contributed by atoms with van der Waals surface area (Å²) in [6, 6.07) is 10.6. The Balaban J connectivity index is 1.37. The van der Waals surface area contributed by atoms with Crippen molar-refractivity contribution in [2.75, 3.05) is 46.3 Å². The summed E-state index contributed by atoms with van der Waals surface area (Å²) in [4.78, 5) is 19.7. The summed E-state index contributed by atoms with van der Waals surface area (Å²) in [5, 5.41) is 9.54. The molecular formula is C23H37N3O2. The lowest BCUT2D eigenvalue weighted by Gasteiger charge is -2.36. The lowest BCUT2D eigenvalue weighted by atomic mass is 9.93. The Labute approximate surface area is 170 Å². The van der Waals surface area contributed by atoms with Crippen molar-refractivity contribution >= 4 is 5.91 Å². The van der Waals surface area contributed by atoms with Crippen LogP contribution in [0.1, 0.15) is 38.2 Å². The zero-order valence-electron chi connectivity index (χ0n) is 17.6. The first-order chi connectivity index (χ1) is 13.5. The number of carbonyl (C=O) groups is 1. The fraction of sp³-hybridized carbons (Fsp3) is 0.696. The van der Waals surface area contributed by atoms with Crippen LogP contribution in [-0.2, 0) is 11.3 Å². The number of aliphatic hydroxyl groups is 1. The third kappa shape index (κ3) is 6.29. The highest BCUT2D eigenvalue weighted by Crippen LogP contribution is 2.23. The van der Waals surface area contributed by atoms with Crippen LogP contribution in [0.5, 0.6) is 0 Å². The maximum absolute atomic E-state index is 12.9. The maximum Gasteiger partial charge on any atom is 0.225 e. The largest absolute Gasteiger partial charge is 0.392 e. The van der Waals surface area contributed by atoms with Crippen LogP contribution in [0.25, 0.3) is 0 Å². The van der Waals surface area contributed by atoms with E-state index in [9.17, 15) is 9.90 Å². The second-order valence-electron chi connectivity index (χ2n) is 8.85. The number of likely N-dealkylation sites (tertiary alicyclic amines) is 2. The van der Waals surface area contributed by atoms with Gasteiger partial charge in [-0.2, -0.15) is 0 Å². The minimum Gasteiger partial charge on any atom is -0.392 e. The molecule has 1 atom stereocenters. The molecule has 1 amide bonds. The number of hydrogen-bond acceptors (Lipinski definition) is 4. The average molecular weight is 388 g/mol. The van der Waals surface area contributed by atoms with E-state index in [1.807, 2.05) is 18.9 Å². The molecule has 1 aromatic rings. The van der Waals surface area contributed by atoms with Crippen LogP contribution in [0.15, 0.2) is 30.3 Å². The van der Waals surface area contributed by atoms with Crippen LogP contribution in [0.2, 0.25) is 0 Å². The van der Waals surface area contributed by atoms with E-state index in [2.05, 4.69) is 40.1 Å². The summed E-state index contributed by atoms with van der Waals surface area (Å²) in [5.41, 5.74) is 1.35. The Kier molecular flexibility index (Phi) is 7.89. The number of β-amino-alcohol motifs (C(OH)–C–C–N with tert-alkyl or cyclic N) is 1. The van der Waals surface area contributed by atoms with Crippen LogP contribution in [0, 0.1) is 11.8 Å². The van der Waals surface area contributed by atoms with Crippen LogP contribution >= 0.6 is 0 Å². The second kappa shape index (κ2) is 10.4. The van der Waals surface area contributed by atoms with E-state index in [4.69, 9.17) is 0 Å². The van der Waals surface area contributed by atoms with Crippen molar-refractivity contribution in [2.45, 2.75) is 45.3 Å². The van der Waals surface area contributed by atoms with Gasteiger partial charge in [0.15, 0.2) is 0 Å². The molecule has 0 aliphatic carbocycles. The molecule has 2 heterocycles. The lowest BCUT2D eigenvalue weighted by molar-refractivity contribution is -0.136. The number of carbonyl (C=O) groups excluding carboxylic acids is 1. The van der Waals surface area contributed by atoms with Crippen molar-refractivity contribution in [2.24, 2.45) is 11.8 Å². The summed E-state index contributed by atoms with van der Waals surface area (Å²) in [6.07, 6.45) is 3.94. The molecule has 28 heavy (non-hydrogen) atoms.